The molecule has 0 fully saturated rings. The van der Waals surface area contributed by atoms with Crippen molar-refractivity contribution >= 4 is 12.2 Å². The summed E-state index contributed by atoms with van der Waals surface area (Å²) in [7, 11) is 0. The summed E-state index contributed by atoms with van der Waals surface area (Å²) in [4.78, 5) is 9.80. The fraction of sp³-hybridized carbons (Fsp3) is 0. The third kappa shape index (κ3) is 2.50. The predicted molar refractivity (Wildman–Crippen MR) is 23.7 cm³/mol. The Balaban J connectivity index is 3.42. The van der Waals surface area contributed by atoms with Crippen molar-refractivity contribution in [3.63, 3.8) is 0 Å². The molecule has 3 heteroatoms. The summed E-state index contributed by atoms with van der Waals surface area (Å²) < 4.78 is 3.84. The number of nitrogens with one attached hydrogen (secondary N) is 1. The van der Waals surface area contributed by atoms with Crippen molar-refractivity contribution in [2.75, 3.05) is 0 Å². The second-order valence-corrected chi connectivity index (χ2v) is 0.683. The summed E-state index contributed by atoms with van der Waals surface area (Å²) in [6.45, 7) is 0. The third-order valence-electron chi connectivity index (χ3n) is 0.277. The summed E-state index contributed by atoms with van der Waals surface area (Å²) in [5.74, 6) is -0.817. The highest BCUT2D eigenvalue weighted by Gasteiger charge is 1.87. The molecule has 0 spiro atoms. The third-order valence-corrected chi connectivity index (χ3v) is 0.277. The smallest absolute Gasteiger partial charge is 0.362 e. The van der Waals surface area contributed by atoms with Gasteiger partial charge in [0.15, 0.2) is 0 Å². The van der Waals surface area contributed by atoms with Crippen molar-refractivity contribution in [1.29, 1.82) is 5.41 Å². The summed E-state index contributed by atoms with van der Waals surface area (Å²) in [5, 5.41) is 6.22. The summed E-state index contributed by atoms with van der Waals surface area (Å²) in [6, 6.07) is 0. The van der Waals surface area contributed by atoms with E-state index >= 15 is 0 Å². The molecular formula is C4H3NO2. The van der Waals surface area contributed by atoms with E-state index in [4.69, 9.17) is 5.41 Å². The zero-order valence-electron chi connectivity index (χ0n) is 3.47. The molecule has 0 rings (SSSR count). The molecule has 36 valence electrons. The Hall–Kier alpha value is -1.30. The molecule has 0 aromatic heterocycles. The monoisotopic (exact) mass is 97.0 g/mol. The first kappa shape index (κ1) is 5.70. The fourth-order valence-electron chi connectivity index (χ4n) is 0.0875. The van der Waals surface area contributed by atoms with Crippen LogP contribution in [0.2, 0.25) is 0 Å². The SMILES string of the molecule is C#COC(=O)C=N. The standard InChI is InChI=1S/C4H3NO2/c1-2-7-4(6)3-5/h1,3,5H. The van der Waals surface area contributed by atoms with E-state index in [1.54, 1.807) is 6.11 Å². The topological polar surface area (TPSA) is 50.2 Å². The number of carbonyl (C=O) groups is 1. The van der Waals surface area contributed by atoms with Gasteiger partial charge in [0.2, 0.25) is 0 Å². The van der Waals surface area contributed by atoms with E-state index in [9.17, 15) is 4.79 Å². The van der Waals surface area contributed by atoms with Crippen LogP contribution in [0, 0.1) is 17.9 Å². The first-order valence-electron chi connectivity index (χ1n) is 1.48. The van der Waals surface area contributed by atoms with Gasteiger partial charge in [0, 0.05) is 0 Å². The summed E-state index contributed by atoms with van der Waals surface area (Å²) >= 11 is 0. The lowest BCUT2D eigenvalue weighted by atomic mass is 10.8. The van der Waals surface area contributed by atoms with Crippen LogP contribution in [0.25, 0.3) is 0 Å². The minimum Gasteiger partial charge on any atom is -0.368 e. The molecule has 0 bridgehead atoms. The maximum Gasteiger partial charge on any atom is 0.362 e. The Bertz CT molecular complexity index is 122. The van der Waals surface area contributed by atoms with Crippen LogP contribution < -0.4 is 0 Å². The van der Waals surface area contributed by atoms with Crippen molar-refractivity contribution in [3.8, 4) is 12.5 Å². The van der Waals surface area contributed by atoms with Gasteiger partial charge in [-0.3, -0.25) is 0 Å². The van der Waals surface area contributed by atoms with Gasteiger partial charge in [-0.2, -0.15) is 0 Å². The number of ether oxygens (including phenoxy) is 1. The van der Waals surface area contributed by atoms with Crippen LogP contribution in [0.15, 0.2) is 0 Å². The normalized spacial score (nSPS) is 6.14. The van der Waals surface area contributed by atoms with Crippen LogP contribution in [0.1, 0.15) is 0 Å². The minimum absolute atomic E-state index is 0.500. The Morgan fingerprint density at radius 2 is 2.57 bits per heavy atom. The van der Waals surface area contributed by atoms with Crippen LogP contribution in [0.3, 0.4) is 0 Å². The molecule has 1 N–H and O–H groups in total. The Morgan fingerprint density at radius 1 is 2.00 bits per heavy atom. The molecule has 0 aliphatic heterocycles. The molecule has 0 saturated heterocycles. The molecule has 7 heavy (non-hydrogen) atoms. The Labute approximate surface area is 40.8 Å². The van der Waals surface area contributed by atoms with Crippen molar-refractivity contribution in [2.24, 2.45) is 0 Å². The van der Waals surface area contributed by atoms with E-state index in [0.29, 0.717) is 6.21 Å². The van der Waals surface area contributed by atoms with Crippen LogP contribution in [0.4, 0.5) is 0 Å². The maximum absolute atomic E-state index is 9.80. The van der Waals surface area contributed by atoms with E-state index in [1.807, 2.05) is 0 Å². The minimum atomic E-state index is -0.817. The Morgan fingerprint density at radius 3 is 2.71 bits per heavy atom. The highest BCUT2D eigenvalue weighted by atomic mass is 16.5. The van der Waals surface area contributed by atoms with Gasteiger partial charge in [0.05, 0.1) is 0 Å². The number of rotatable bonds is 1. The molecule has 3 nitrogen and oxygen atoms in total. The zero-order chi connectivity index (χ0) is 5.70. The van der Waals surface area contributed by atoms with Gasteiger partial charge in [-0.05, 0) is 0 Å². The summed E-state index contributed by atoms with van der Waals surface area (Å²) in [5.41, 5.74) is 0. The lowest BCUT2D eigenvalue weighted by molar-refractivity contribution is -0.128. The van der Waals surface area contributed by atoms with Gasteiger partial charge in [-0.25, -0.2) is 4.79 Å². The number of hydrogen-bond donors (Lipinski definition) is 1. The molecule has 0 aliphatic rings. The zero-order valence-corrected chi connectivity index (χ0v) is 3.47. The van der Waals surface area contributed by atoms with Gasteiger partial charge < -0.3 is 10.1 Å². The highest BCUT2D eigenvalue weighted by molar-refractivity contribution is 6.22. The average Bonchev–Trinajstić information content (AvgIpc) is 1.68. The lowest BCUT2D eigenvalue weighted by Gasteiger charge is -1.79. The van der Waals surface area contributed by atoms with Crippen LogP contribution in [-0.2, 0) is 9.53 Å². The molecule has 0 aromatic carbocycles. The largest absolute Gasteiger partial charge is 0.368 e. The van der Waals surface area contributed by atoms with Crippen molar-refractivity contribution in [3.05, 3.63) is 0 Å². The number of hydrogen-bond acceptors (Lipinski definition) is 3. The highest BCUT2D eigenvalue weighted by Crippen LogP contribution is 1.64. The molecule has 0 heterocycles. The molecule has 0 unspecified atom stereocenters. The van der Waals surface area contributed by atoms with Crippen molar-refractivity contribution in [1.82, 2.24) is 0 Å². The van der Waals surface area contributed by atoms with E-state index in [0.717, 1.165) is 0 Å². The second kappa shape index (κ2) is 2.91. The number of terminal acetylenes is 1. The number of esters is 1. The fourth-order valence-corrected chi connectivity index (χ4v) is 0.0875. The second-order valence-electron chi connectivity index (χ2n) is 0.683. The number of carbonyl (C=O) groups excluding carboxylic acids is 1. The van der Waals surface area contributed by atoms with E-state index in [2.05, 4.69) is 11.2 Å². The molecular weight excluding hydrogens is 94.0 g/mol. The van der Waals surface area contributed by atoms with Crippen LogP contribution >= 0.6 is 0 Å². The van der Waals surface area contributed by atoms with Gasteiger partial charge in [0.1, 0.15) is 12.3 Å². The Kier molecular flexibility index (Phi) is 2.37. The predicted octanol–water partition coefficient (Wildman–Crippen LogP) is -0.230. The first-order valence-corrected chi connectivity index (χ1v) is 1.48. The van der Waals surface area contributed by atoms with E-state index < -0.39 is 5.97 Å². The van der Waals surface area contributed by atoms with Gasteiger partial charge in [-0.1, -0.05) is 6.42 Å². The van der Waals surface area contributed by atoms with Crippen molar-refractivity contribution in [2.45, 2.75) is 0 Å². The molecule has 0 aromatic rings. The van der Waals surface area contributed by atoms with Crippen molar-refractivity contribution < 1.29 is 9.53 Å². The van der Waals surface area contributed by atoms with Gasteiger partial charge in [-0.15, -0.1) is 0 Å². The summed E-state index contributed by atoms with van der Waals surface area (Å²) in [6.07, 6.45) is 6.63. The maximum atomic E-state index is 9.80. The van der Waals surface area contributed by atoms with E-state index in [1.165, 1.54) is 0 Å². The van der Waals surface area contributed by atoms with Gasteiger partial charge >= 0.3 is 5.97 Å². The average molecular weight is 97.1 g/mol. The van der Waals surface area contributed by atoms with Gasteiger partial charge in [0.25, 0.3) is 0 Å². The molecule has 0 saturated carbocycles. The van der Waals surface area contributed by atoms with Crippen LogP contribution in [-0.4, -0.2) is 12.2 Å². The van der Waals surface area contributed by atoms with Crippen LogP contribution in [0.5, 0.6) is 0 Å². The molecule has 0 aliphatic carbocycles. The quantitative estimate of drug-likeness (QED) is 0.279. The lowest BCUT2D eigenvalue weighted by Crippen LogP contribution is -1.98. The van der Waals surface area contributed by atoms with E-state index in [-0.39, 0.29) is 0 Å². The first-order chi connectivity index (χ1) is 3.31. The molecule has 0 amide bonds. The molecule has 0 radical (unpaired) electrons. The molecule has 0 atom stereocenters.